The Bertz CT molecular complexity index is 1220. The van der Waals surface area contributed by atoms with Crippen LogP contribution in [0.25, 0.3) is 10.9 Å². The number of aromatic amines is 1. The van der Waals surface area contributed by atoms with E-state index in [0.29, 0.717) is 19.6 Å². The second-order valence-electron chi connectivity index (χ2n) is 8.97. The van der Waals surface area contributed by atoms with Crippen molar-refractivity contribution in [1.82, 2.24) is 15.2 Å². The molecule has 2 amide bonds. The molecule has 4 heterocycles. The van der Waals surface area contributed by atoms with Gasteiger partial charge in [-0.3, -0.25) is 9.59 Å². The lowest BCUT2D eigenvalue weighted by Gasteiger charge is -2.23. The number of benzene rings is 2. The smallest absolute Gasteiger partial charge is 0.230 e. The molecule has 4 atom stereocenters. The molecule has 0 aliphatic carbocycles. The Labute approximate surface area is 186 Å². The molecule has 6 rings (SSSR count). The normalized spacial score (nSPS) is 27.9. The Morgan fingerprint density at radius 2 is 1.97 bits per heavy atom. The first-order valence-electron chi connectivity index (χ1n) is 11.2. The van der Waals surface area contributed by atoms with E-state index in [1.54, 1.807) is 0 Å². The summed E-state index contributed by atoms with van der Waals surface area (Å²) in [4.78, 5) is 31.7. The zero-order valence-corrected chi connectivity index (χ0v) is 17.7. The maximum absolute atomic E-state index is 13.4. The van der Waals surface area contributed by atoms with Gasteiger partial charge in [0, 0.05) is 30.2 Å². The van der Waals surface area contributed by atoms with E-state index in [0.717, 1.165) is 17.5 Å². The summed E-state index contributed by atoms with van der Waals surface area (Å²) in [5.74, 6) is -1.01. The van der Waals surface area contributed by atoms with Crippen LogP contribution in [-0.2, 0) is 27.3 Å². The van der Waals surface area contributed by atoms with Gasteiger partial charge in [0.2, 0.25) is 11.8 Å². The Morgan fingerprint density at radius 3 is 2.84 bits per heavy atom. The van der Waals surface area contributed by atoms with Crippen molar-refractivity contribution < 1.29 is 14.3 Å². The molecular formula is C26H25N3O3. The van der Waals surface area contributed by atoms with Crippen LogP contribution < -0.4 is 5.32 Å². The largest absolute Gasteiger partial charge is 0.361 e. The van der Waals surface area contributed by atoms with Gasteiger partial charge in [0.05, 0.1) is 24.5 Å². The zero-order valence-electron chi connectivity index (χ0n) is 17.7. The molecule has 32 heavy (non-hydrogen) atoms. The Kier molecular flexibility index (Phi) is 4.43. The minimum Gasteiger partial charge on any atom is -0.361 e. The van der Waals surface area contributed by atoms with Gasteiger partial charge >= 0.3 is 0 Å². The first-order valence-corrected chi connectivity index (χ1v) is 11.2. The van der Waals surface area contributed by atoms with Crippen molar-refractivity contribution in [3.63, 3.8) is 0 Å². The molecular weight excluding hydrogens is 402 g/mol. The number of nitrogens with one attached hydrogen (secondary N) is 2. The summed E-state index contributed by atoms with van der Waals surface area (Å²) < 4.78 is 6.24. The Morgan fingerprint density at radius 1 is 1.16 bits per heavy atom. The minimum absolute atomic E-state index is 0.0246. The van der Waals surface area contributed by atoms with Crippen LogP contribution in [0.5, 0.6) is 0 Å². The van der Waals surface area contributed by atoms with E-state index >= 15 is 0 Å². The summed E-state index contributed by atoms with van der Waals surface area (Å²) in [6.45, 7) is 1.57. The molecule has 2 N–H and O–H groups in total. The first-order chi connectivity index (χ1) is 15.6. The van der Waals surface area contributed by atoms with Crippen LogP contribution in [0.4, 0.5) is 0 Å². The number of carbonyl (C=O) groups is 2. The summed E-state index contributed by atoms with van der Waals surface area (Å²) in [5.41, 5.74) is 2.66. The molecule has 0 unspecified atom stereocenters. The third-order valence-corrected chi connectivity index (χ3v) is 7.12. The number of para-hydroxylation sites is 1. The maximum Gasteiger partial charge on any atom is 0.230 e. The summed E-state index contributed by atoms with van der Waals surface area (Å²) in [6.07, 6.45) is 6.42. The van der Waals surface area contributed by atoms with Crippen molar-refractivity contribution in [3.8, 4) is 0 Å². The van der Waals surface area contributed by atoms with Crippen LogP contribution in [0.2, 0.25) is 0 Å². The number of likely N-dealkylation sites (tertiary alicyclic amines) is 1. The fourth-order valence-electron chi connectivity index (χ4n) is 5.56. The van der Waals surface area contributed by atoms with Gasteiger partial charge in [-0.2, -0.15) is 0 Å². The van der Waals surface area contributed by atoms with Crippen LogP contribution in [-0.4, -0.2) is 46.5 Å². The highest BCUT2D eigenvalue weighted by Gasteiger charge is 2.66. The molecule has 2 saturated heterocycles. The van der Waals surface area contributed by atoms with Gasteiger partial charge in [0.25, 0.3) is 0 Å². The van der Waals surface area contributed by atoms with Crippen LogP contribution in [0, 0.1) is 11.8 Å². The number of amides is 2. The third kappa shape index (κ3) is 2.98. The predicted molar refractivity (Wildman–Crippen MR) is 121 cm³/mol. The summed E-state index contributed by atoms with van der Waals surface area (Å²) in [7, 11) is 0. The quantitative estimate of drug-likeness (QED) is 0.594. The van der Waals surface area contributed by atoms with Crippen molar-refractivity contribution in [2.24, 2.45) is 11.8 Å². The molecule has 3 aromatic rings. The van der Waals surface area contributed by atoms with Gasteiger partial charge in [0.1, 0.15) is 5.60 Å². The Balaban J connectivity index is 1.17. The molecule has 162 valence electrons. The molecule has 2 fully saturated rings. The van der Waals surface area contributed by atoms with Crippen LogP contribution in [0.15, 0.2) is 72.9 Å². The van der Waals surface area contributed by atoms with Crippen molar-refractivity contribution in [1.29, 1.82) is 0 Å². The van der Waals surface area contributed by atoms with Crippen molar-refractivity contribution in [2.75, 3.05) is 13.1 Å². The van der Waals surface area contributed by atoms with Gasteiger partial charge in [-0.1, -0.05) is 60.7 Å². The van der Waals surface area contributed by atoms with E-state index in [1.807, 2.05) is 65.7 Å². The van der Waals surface area contributed by atoms with Crippen LogP contribution in [0.3, 0.4) is 0 Å². The number of nitrogens with zero attached hydrogens (tertiary/aromatic N) is 1. The molecule has 0 radical (unpaired) electrons. The molecule has 1 aromatic heterocycles. The lowest BCUT2D eigenvalue weighted by molar-refractivity contribution is -0.137. The molecule has 6 nitrogen and oxygen atoms in total. The van der Waals surface area contributed by atoms with E-state index in [2.05, 4.69) is 22.4 Å². The molecule has 3 aliphatic rings. The highest BCUT2D eigenvalue weighted by Crippen LogP contribution is 2.51. The number of aromatic nitrogens is 1. The third-order valence-electron chi connectivity index (χ3n) is 7.12. The first kappa shape index (κ1) is 19.3. The average Bonchev–Trinajstić information content (AvgIpc) is 3.56. The van der Waals surface area contributed by atoms with E-state index in [4.69, 9.17) is 4.74 Å². The van der Waals surface area contributed by atoms with Gasteiger partial charge in [-0.05, 0) is 23.6 Å². The minimum atomic E-state index is -0.670. The van der Waals surface area contributed by atoms with Gasteiger partial charge in [-0.15, -0.1) is 0 Å². The van der Waals surface area contributed by atoms with E-state index in [-0.39, 0.29) is 17.9 Å². The number of ether oxygens (including phenoxy) is 1. The van der Waals surface area contributed by atoms with Crippen LogP contribution >= 0.6 is 0 Å². The summed E-state index contributed by atoms with van der Waals surface area (Å²) in [6, 6.07) is 18.0. The second-order valence-corrected chi connectivity index (χ2v) is 8.97. The van der Waals surface area contributed by atoms with Crippen molar-refractivity contribution >= 4 is 22.7 Å². The monoisotopic (exact) mass is 427 g/mol. The number of rotatable bonds is 6. The number of carbonyl (C=O) groups excluding carboxylic acids is 2. The highest BCUT2D eigenvalue weighted by molar-refractivity contribution is 5.93. The van der Waals surface area contributed by atoms with E-state index in [1.165, 1.54) is 10.9 Å². The molecule has 2 aromatic carbocycles. The van der Waals surface area contributed by atoms with Gasteiger partial charge < -0.3 is 19.9 Å². The van der Waals surface area contributed by atoms with Crippen LogP contribution in [0.1, 0.15) is 11.1 Å². The fourth-order valence-corrected chi connectivity index (χ4v) is 5.56. The number of hydrogen-bond acceptors (Lipinski definition) is 3. The zero-order chi connectivity index (χ0) is 21.7. The van der Waals surface area contributed by atoms with Crippen molar-refractivity contribution in [3.05, 3.63) is 84.1 Å². The summed E-state index contributed by atoms with van der Waals surface area (Å²) in [5, 5.41) is 4.20. The Hall–Kier alpha value is -3.38. The molecule has 3 aliphatic heterocycles. The lowest BCUT2D eigenvalue weighted by atomic mass is 9.77. The van der Waals surface area contributed by atoms with E-state index < -0.39 is 17.4 Å². The maximum atomic E-state index is 13.4. The average molecular weight is 428 g/mol. The molecule has 6 heteroatoms. The second kappa shape index (κ2) is 7.35. The number of H-pyrrole nitrogens is 1. The molecule has 1 spiro atoms. The van der Waals surface area contributed by atoms with E-state index in [9.17, 15) is 9.59 Å². The highest BCUT2D eigenvalue weighted by atomic mass is 16.5. The summed E-state index contributed by atoms with van der Waals surface area (Å²) >= 11 is 0. The fraction of sp³-hybridized carbons (Fsp3) is 0.308. The lowest BCUT2D eigenvalue weighted by Crippen LogP contribution is -2.44. The topological polar surface area (TPSA) is 74.4 Å². The predicted octanol–water partition coefficient (Wildman–Crippen LogP) is 2.81. The van der Waals surface area contributed by atoms with Crippen molar-refractivity contribution in [2.45, 2.75) is 24.7 Å². The van der Waals surface area contributed by atoms with Gasteiger partial charge in [0.15, 0.2) is 0 Å². The standard InChI is InChI=1S/C26H25N3O3/c30-24(28-14-17-6-2-1-3-7-17)22-21-10-12-26(32-21)16-29(25(31)23(22)26)13-11-18-15-27-20-9-5-4-8-19(18)20/h1-10,12,15,21-23,27H,11,13-14,16H2,(H,28,30)/t21-,22-,23-,26-/m0/s1. The molecule has 0 saturated carbocycles. The SMILES string of the molecule is O=C(NCc1ccccc1)[C@H]1[C@@H]2C=C[C@@]3(CN(CCc4c[nH]c5ccccc45)C(=O)[C@H]13)O2. The van der Waals surface area contributed by atoms with Gasteiger partial charge in [-0.25, -0.2) is 0 Å². The number of hydrogen-bond donors (Lipinski definition) is 2. The molecule has 2 bridgehead atoms. The number of fused-ring (bicyclic) bond motifs is 2.